The smallest absolute Gasteiger partial charge is 0.0663 e. The van der Waals surface area contributed by atoms with Gasteiger partial charge in [-0.05, 0) is 53.6 Å². The summed E-state index contributed by atoms with van der Waals surface area (Å²) in [4.78, 5) is 9.16. The molecule has 0 saturated carbocycles. The normalized spacial score (nSPS) is 14.0. The molecule has 0 unspecified atom stereocenters. The van der Waals surface area contributed by atoms with Crippen molar-refractivity contribution in [2.45, 2.75) is 5.41 Å². The Bertz CT molecular complexity index is 1890. The topological polar surface area (TPSA) is 28.6 Å². The quantitative estimate of drug-likeness (QED) is 0.166. The van der Waals surface area contributed by atoms with E-state index in [2.05, 4.69) is 127 Å². The molecule has 1 aliphatic heterocycles. The molecule has 5 heteroatoms. The first-order valence-corrected chi connectivity index (χ1v) is 14.0. The van der Waals surface area contributed by atoms with Crippen molar-refractivity contribution in [2.24, 2.45) is 0 Å². The Morgan fingerprint density at radius 3 is 2.00 bits per heavy atom. The Hall–Kier alpha value is -4.66. The Kier molecular flexibility index (Phi) is 6.88. The third-order valence-corrected chi connectivity index (χ3v) is 8.22. The van der Waals surface area contributed by atoms with Gasteiger partial charge in [0.25, 0.3) is 0 Å². The number of hydrogen-bond acceptors (Lipinski definition) is 4. The second-order valence-corrected chi connectivity index (χ2v) is 10.6. The van der Waals surface area contributed by atoms with Gasteiger partial charge in [0.2, 0.25) is 0 Å². The minimum atomic E-state index is -0.627. The van der Waals surface area contributed by atoms with Crippen molar-refractivity contribution in [3.05, 3.63) is 175 Å². The zero-order chi connectivity index (χ0) is 28.1. The number of rotatable bonds is 5. The number of benzene rings is 5. The van der Waals surface area contributed by atoms with E-state index >= 15 is 0 Å². The predicted octanol–water partition coefficient (Wildman–Crippen LogP) is 8.54. The second-order valence-electron chi connectivity index (χ2n) is 10.6. The summed E-state index contributed by atoms with van der Waals surface area (Å²) in [5, 5.41) is 0. The van der Waals surface area contributed by atoms with Gasteiger partial charge in [0.1, 0.15) is 0 Å². The summed E-state index contributed by atoms with van der Waals surface area (Å²) in [5.74, 6) is 1.25. The van der Waals surface area contributed by atoms with Crippen LogP contribution >= 0.6 is 0 Å². The maximum atomic E-state index is 6.46. The van der Waals surface area contributed by atoms with Gasteiger partial charge in [0, 0.05) is 50.1 Å². The van der Waals surface area contributed by atoms with E-state index in [1.54, 1.807) is 0 Å². The molecule has 0 atom stereocenters. The Balaban J connectivity index is 0.00000300. The van der Waals surface area contributed by atoms with E-state index in [0.717, 1.165) is 28.3 Å². The molecule has 0 radical (unpaired) electrons. The molecule has 6 aromatic rings. The van der Waals surface area contributed by atoms with Crippen molar-refractivity contribution < 1.29 is 25.8 Å². The molecule has 1 aromatic heterocycles. The van der Waals surface area contributed by atoms with E-state index in [1.807, 2.05) is 42.6 Å². The Morgan fingerprint density at radius 2 is 1.28 bits per heavy atom. The first-order chi connectivity index (χ1) is 20.7. The molecule has 5 aromatic carbocycles. The number of pyridine rings is 1. The molecular weight excluding hydrogens is 710 g/mol. The minimum absolute atomic E-state index is 0. The number of fused-ring (bicyclic) bond motifs is 4. The first kappa shape index (κ1) is 27.2. The van der Waals surface area contributed by atoms with Gasteiger partial charge in [-0.2, -0.15) is 24.9 Å². The maximum absolute atomic E-state index is 6.46. The van der Waals surface area contributed by atoms with Crippen molar-refractivity contribution in [3.8, 4) is 22.6 Å². The molecule has 2 aliphatic rings. The number of anilines is 3. The molecule has 0 spiro atoms. The molecule has 2 heterocycles. The van der Waals surface area contributed by atoms with Gasteiger partial charge in [0.15, 0.2) is 0 Å². The van der Waals surface area contributed by atoms with Crippen LogP contribution in [-0.2, 0) is 26.5 Å². The predicted molar refractivity (Wildman–Crippen MR) is 167 cm³/mol. The van der Waals surface area contributed by atoms with E-state index in [9.17, 15) is 0 Å². The summed E-state index contributed by atoms with van der Waals surface area (Å²) < 4.78 is 6.46. The fourth-order valence-corrected chi connectivity index (χ4v) is 6.46. The Labute approximate surface area is 266 Å². The molecule has 4 nitrogen and oxygen atoms in total. The summed E-state index contributed by atoms with van der Waals surface area (Å²) in [6, 6.07) is 50.9. The number of aromatic nitrogens is 1. The van der Waals surface area contributed by atoms with Crippen LogP contribution in [0.25, 0.3) is 11.1 Å². The van der Waals surface area contributed by atoms with Crippen LogP contribution in [0.2, 0.25) is 0 Å². The molecule has 212 valence electrons. The summed E-state index contributed by atoms with van der Waals surface area (Å²) in [5.41, 5.74) is 9.29. The van der Waals surface area contributed by atoms with Crippen molar-refractivity contribution in [1.82, 2.24) is 4.98 Å². The summed E-state index contributed by atoms with van der Waals surface area (Å²) in [7, 11) is 2.05. The van der Waals surface area contributed by atoms with E-state index in [4.69, 9.17) is 9.72 Å². The molecule has 0 saturated heterocycles. The molecule has 0 bridgehead atoms. The third kappa shape index (κ3) is 4.28. The van der Waals surface area contributed by atoms with Crippen molar-refractivity contribution in [1.29, 1.82) is 0 Å². The third-order valence-electron chi connectivity index (χ3n) is 8.22. The van der Waals surface area contributed by atoms with Crippen LogP contribution < -0.4 is 14.5 Å². The van der Waals surface area contributed by atoms with Crippen LogP contribution in [0.4, 0.5) is 17.1 Å². The number of para-hydroxylation sites is 2. The summed E-state index contributed by atoms with van der Waals surface area (Å²) in [6.07, 6.45) is 1.87. The number of hydrogen-bond donors (Lipinski definition) is 0. The van der Waals surface area contributed by atoms with Crippen molar-refractivity contribution >= 4 is 17.1 Å². The molecule has 1 aliphatic carbocycles. The molecule has 0 amide bonds. The molecule has 0 fully saturated rings. The SMILES string of the molecule is CN1[CH-]N(c2[c-]c(Oc3[c-]c(C4(c5ccccn5)c5ccccc5-c5ccccc54)ccc3)ccc2)c2ccccc21.[Pt]. The van der Waals surface area contributed by atoms with E-state index < -0.39 is 5.41 Å². The van der Waals surface area contributed by atoms with Crippen LogP contribution in [0.3, 0.4) is 0 Å². The summed E-state index contributed by atoms with van der Waals surface area (Å²) >= 11 is 0. The fraction of sp³-hybridized carbons (Fsp3) is 0.0526. The summed E-state index contributed by atoms with van der Waals surface area (Å²) in [6.45, 7) is 2.07. The van der Waals surface area contributed by atoms with Gasteiger partial charge >= 0.3 is 0 Å². The second kappa shape index (κ2) is 10.9. The fourth-order valence-electron chi connectivity index (χ4n) is 6.46. The van der Waals surface area contributed by atoms with Gasteiger partial charge < -0.3 is 14.5 Å². The standard InChI is InChI=1S/C38H26N3O.Pt/c1-40-26-41(36-21-7-6-20-35(36)40)28-13-11-15-30(25-28)42-29-14-10-12-27(24-29)38(37-22-8-9-23-39-37)33-18-4-2-16-31(33)32-17-3-5-19-34(32)38;/h2-23,26H,1H3;/q-3;. The molecule has 8 rings (SSSR count). The molecule has 43 heavy (non-hydrogen) atoms. The molecular formula is C38H26N3OPt-3. The van der Waals surface area contributed by atoms with Gasteiger partial charge in [-0.1, -0.05) is 66.7 Å². The van der Waals surface area contributed by atoms with Crippen molar-refractivity contribution in [3.63, 3.8) is 0 Å². The van der Waals surface area contributed by atoms with E-state index in [-0.39, 0.29) is 21.1 Å². The zero-order valence-electron chi connectivity index (χ0n) is 23.3. The van der Waals surface area contributed by atoms with Crippen LogP contribution in [0.1, 0.15) is 22.4 Å². The first-order valence-electron chi connectivity index (χ1n) is 14.0. The largest absolute Gasteiger partial charge is 0.509 e. The maximum Gasteiger partial charge on any atom is 0.0663 e. The van der Waals surface area contributed by atoms with Gasteiger partial charge in [-0.15, -0.1) is 41.6 Å². The van der Waals surface area contributed by atoms with Crippen LogP contribution in [-0.4, -0.2) is 12.0 Å². The van der Waals surface area contributed by atoms with Gasteiger partial charge in [-0.3, -0.25) is 4.98 Å². The van der Waals surface area contributed by atoms with Gasteiger partial charge in [-0.25, -0.2) is 0 Å². The average Bonchev–Trinajstić information content (AvgIpc) is 3.55. The van der Waals surface area contributed by atoms with Crippen LogP contribution in [0, 0.1) is 18.8 Å². The molecule has 0 N–H and O–H groups in total. The van der Waals surface area contributed by atoms with E-state index in [1.165, 1.54) is 22.3 Å². The number of nitrogens with zero attached hydrogens (tertiary/aromatic N) is 3. The average molecular weight is 736 g/mol. The van der Waals surface area contributed by atoms with E-state index in [0.29, 0.717) is 11.5 Å². The Morgan fingerprint density at radius 1 is 0.651 bits per heavy atom. The number of ether oxygens (including phenoxy) is 1. The van der Waals surface area contributed by atoms with Gasteiger partial charge in [0.05, 0.1) is 11.1 Å². The minimum Gasteiger partial charge on any atom is -0.509 e. The van der Waals surface area contributed by atoms with Crippen molar-refractivity contribution in [2.75, 3.05) is 16.8 Å². The van der Waals surface area contributed by atoms with Crippen LogP contribution in [0.15, 0.2) is 134 Å². The van der Waals surface area contributed by atoms with Crippen LogP contribution in [0.5, 0.6) is 11.5 Å². The zero-order valence-corrected chi connectivity index (χ0v) is 25.6. The monoisotopic (exact) mass is 735 g/mol.